The van der Waals surface area contributed by atoms with Crippen LogP contribution in [0.25, 0.3) is 0 Å². The van der Waals surface area contributed by atoms with Gasteiger partial charge in [0.25, 0.3) is 0 Å². The maximum absolute atomic E-state index is 11.4. The number of rotatable bonds is 4. The summed E-state index contributed by atoms with van der Waals surface area (Å²) in [7, 11) is 3.57. The summed E-state index contributed by atoms with van der Waals surface area (Å²) in [5.74, 6) is 0.885. The molecule has 1 heterocycles. The van der Waals surface area contributed by atoms with Crippen LogP contribution in [-0.2, 0) is 9.53 Å². The Morgan fingerprint density at radius 3 is 2.73 bits per heavy atom. The predicted octanol–water partition coefficient (Wildman–Crippen LogP) is 0.232. The van der Waals surface area contributed by atoms with Crippen molar-refractivity contribution in [1.82, 2.24) is 10.2 Å². The molecule has 2 aliphatic rings. The summed E-state index contributed by atoms with van der Waals surface area (Å²) in [4.78, 5) is 13.0. The van der Waals surface area contributed by atoms with E-state index in [2.05, 4.69) is 5.32 Å². The summed E-state index contributed by atoms with van der Waals surface area (Å²) in [6.07, 6.45) is 4.00. The zero-order valence-corrected chi connectivity index (χ0v) is 9.53. The highest BCUT2D eigenvalue weighted by molar-refractivity contribution is 5.77. The maximum Gasteiger partial charge on any atom is 0.236 e. The van der Waals surface area contributed by atoms with E-state index in [4.69, 9.17) is 4.74 Å². The maximum atomic E-state index is 11.4. The van der Waals surface area contributed by atoms with Crippen molar-refractivity contribution in [3.8, 4) is 0 Å². The third-order valence-corrected chi connectivity index (χ3v) is 3.24. The first-order valence-electron chi connectivity index (χ1n) is 5.73. The molecule has 0 aromatic rings. The first kappa shape index (κ1) is 10.9. The fourth-order valence-corrected chi connectivity index (χ4v) is 2.10. The van der Waals surface area contributed by atoms with Gasteiger partial charge in [0.2, 0.25) is 5.91 Å². The lowest BCUT2D eigenvalue weighted by molar-refractivity contribution is -0.127. The summed E-state index contributed by atoms with van der Waals surface area (Å²) in [5.41, 5.74) is 0. The second kappa shape index (κ2) is 4.49. The molecule has 2 unspecified atom stereocenters. The fraction of sp³-hybridized carbons (Fsp3) is 0.909. The molecule has 0 bridgehead atoms. The average Bonchev–Trinajstić information content (AvgIpc) is 2.94. The third-order valence-electron chi connectivity index (χ3n) is 3.24. The van der Waals surface area contributed by atoms with Crippen LogP contribution in [0, 0.1) is 5.92 Å². The Morgan fingerprint density at radius 1 is 1.40 bits per heavy atom. The van der Waals surface area contributed by atoms with Gasteiger partial charge < -0.3 is 15.0 Å². The molecule has 1 saturated carbocycles. The van der Waals surface area contributed by atoms with Crippen LogP contribution in [0.1, 0.15) is 19.3 Å². The van der Waals surface area contributed by atoms with Crippen LogP contribution in [0.5, 0.6) is 0 Å². The lowest BCUT2D eigenvalue weighted by Crippen LogP contribution is -2.43. The smallest absolute Gasteiger partial charge is 0.236 e. The van der Waals surface area contributed by atoms with Crippen molar-refractivity contribution >= 4 is 5.91 Å². The van der Waals surface area contributed by atoms with E-state index >= 15 is 0 Å². The Labute approximate surface area is 91.0 Å². The Balaban J connectivity index is 1.75. The molecular weight excluding hydrogens is 192 g/mol. The second-order valence-corrected chi connectivity index (χ2v) is 4.74. The van der Waals surface area contributed by atoms with Crippen LogP contribution in [0.3, 0.4) is 0 Å². The molecule has 0 aromatic heterocycles. The van der Waals surface area contributed by atoms with Crippen LogP contribution >= 0.6 is 0 Å². The molecule has 86 valence electrons. The highest BCUT2D eigenvalue weighted by Gasteiger charge is 2.40. The molecule has 0 spiro atoms. The standard InChI is InChI=1S/C11H20N2O2/c1-13(2)10(14)7-12-9-5-6-15-11(9)8-3-4-8/h8-9,11-12H,3-7H2,1-2H3. The molecule has 2 fully saturated rings. The zero-order chi connectivity index (χ0) is 10.8. The molecule has 2 rings (SSSR count). The molecule has 0 radical (unpaired) electrons. The van der Waals surface area contributed by atoms with Gasteiger partial charge in [-0.15, -0.1) is 0 Å². The van der Waals surface area contributed by atoms with Crippen LogP contribution in [0.4, 0.5) is 0 Å². The van der Waals surface area contributed by atoms with Gasteiger partial charge in [-0.25, -0.2) is 0 Å². The molecular formula is C11H20N2O2. The van der Waals surface area contributed by atoms with E-state index in [1.54, 1.807) is 19.0 Å². The number of hydrogen-bond donors (Lipinski definition) is 1. The minimum atomic E-state index is 0.136. The van der Waals surface area contributed by atoms with E-state index in [0.29, 0.717) is 18.7 Å². The minimum absolute atomic E-state index is 0.136. The molecule has 1 aliphatic carbocycles. The number of likely N-dealkylation sites (N-methyl/N-ethyl adjacent to an activating group) is 1. The second-order valence-electron chi connectivity index (χ2n) is 4.74. The van der Waals surface area contributed by atoms with Gasteiger partial charge >= 0.3 is 0 Å². The molecule has 1 amide bonds. The van der Waals surface area contributed by atoms with E-state index in [9.17, 15) is 4.79 Å². The number of hydrogen-bond acceptors (Lipinski definition) is 3. The zero-order valence-electron chi connectivity index (χ0n) is 9.53. The molecule has 4 heteroatoms. The minimum Gasteiger partial charge on any atom is -0.376 e. The topological polar surface area (TPSA) is 41.6 Å². The van der Waals surface area contributed by atoms with Gasteiger partial charge in [0, 0.05) is 26.7 Å². The van der Waals surface area contributed by atoms with Gasteiger partial charge in [-0.3, -0.25) is 4.79 Å². The van der Waals surface area contributed by atoms with Crippen molar-refractivity contribution < 1.29 is 9.53 Å². The van der Waals surface area contributed by atoms with E-state index in [1.165, 1.54) is 12.8 Å². The van der Waals surface area contributed by atoms with Crippen LogP contribution < -0.4 is 5.32 Å². The Bertz CT molecular complexity index is 239. The Kier molecular flexibility index (Phi) is 3.26. The quantitative estimate of drug-likeness (QED) is 0.725. The predicted molar refractivity (Wildman–Crippen MR) is 57.6 cm³/mol. The van der Waals surface area contributed by atoms with Crippen molar-refractivity contribution in [2.45, 2.75) is 31.4 Å². The Hall–Kier alpha value is -0.610. The van der Waals surface area contributed by atoms with Gasteiger partial charge in [0.15, 0.2) is 0 Å². The largest absolute Gasteiger partial charge is 0.376 e. The number of amides is 1. The van der Waals surface area contributed by atoms with Gasteiger partial charge in [0.05, 0.1) is 12.6 Å². The molecule has 1 saturated heterocycles. The first-order valence-corrected chi connectivity index (χ1v) is 5.73. The molecule has 1 aliphatic heterocycles. The van der Waals surface area contributed by atoms with Gasteiger partial charge in [-0.05, 0) is 25.2 Å². The number of carbonyl (C=O) groups excluding carboxylic acids is 1. The lowest BCUT2D eigenvalue weighted by Gasteiger charge is -2.20. The van der Waals surface area contributed by atoms with E-state index in [-0.39, 0.29) is 5.91 Å². The van der Waals surface area contributed by atoms with E-state index < -0.39 is 0 Å². The number of carbonyl (C=O) groups is 1. The molecule has 15 heavy (non-hydrogen) atoms. The number of nitrogens with zero attached hydrogens (tertiary/aromatic N) is 1. The van der Waals surface area contributed by atoms with Gasteiger partial charge in [0.1, 0.15) is 0 Å². The van der Waals surface area contributed by atoms with Gasteiger partial charge in [-0.1, -0.05) is 0 Å². The average molecular weight is 212 g/mol. The molecule has 4 nitrogen and oxygen atoms in total. The molecule has 0 aromatic carbocycles. The van der Waals surface area contributed by atoms with Gasteiger partial charge in [-0.2, -0.15) is 0 Å². The van der Waals surface area contributed by atoms with E-state index in [0.717, 1.165) is 18.9 Å². The van der Waals surface area contributed by atoms with Crippen LogP contribution in [-0.4, -0.2) is 50.2 Å². The van der Waals surface area contributed by atoms with Crippen LogP contribution in [0.15, 0.2) is 0 Å². The first-order chi connectivity index (χ1) is 7.18. The fourth-order valence-electron chi connectivity index (χ4n) is 2.10. The normalized spacial score (nSPS) is 30.5. The monoisotopic (exact) mass is 212 g/mol. The SMILES string of the molecule is CN(C)C(=O)CNC1CCOC1C1CC1. The summed E-state index contributed by atoms with van der Waals surface area (Å²) in [5, 5.41) is 3.32. The van der Waals surface area contributed by atoms with E-state index in [1.807, 2.05) is 0 Å². The van der Waals surface area contributed by atoms with Crippen molar-refractivity contribution in [2.75, 3.05) is 27.2 Å². The van der Waals surface area contributed by atoms with Crippen molar-refractivity contribution in [3.63, 3.8) is 0 Å². The van der Waals surface area contributed by atoms with Crippen molar-refractivity contribution in [3.05, 3.63) is 0 Å². The molecule has 1 N–H and O–H groups in total. The highest BCUT2D eigenvalue weighted by Crippen LogP contribution is 2.38. The number of nitrogens with one attached hydrogen (secondary N) is 1. The van der Waals surface area contributed by atoms with Crippen molar-refractivity contribution in [1.29, 1.82) is 0 Å². The Morgan fingerprint density at radius 2 is 2.13 bits per heavy atom. The summed E-state index contributed by atoms with van der Waals surface area (Å²) in [6.45, 7) is 1.28. The summed E-state index contributed by atoms with van der Waals surface area (Å²) < 4.78 is 5.69. The van der Waals surface area contributed by atoms with Crippen LogP contribution in [0.2, 0.25) is 0 Å². The molecule has 2 atom stereocenters. The third kappa shape index (κ3) is 2.69. The summed E-state index contributed by atoms with van der Waals surface area (Å²) in [6, 6.07) is 0.390. The van der Waals surface area contributed by atoms with Crippen molar-refractivity contribution in [2.24, 2.45) is 5.92 Å². The highest BCUT2D eigenvalue weighted by atomic mass is 16.5. The lowest BCUT2D eigenvalue weighted by atomic mass is 10.1. The number of ether oxygens (including phenoxy) is 1. The summed E-state index contributed by atoms with van der Waals surface area (Å²) >= 11 is 0.